The minimum atomic E-state index is -3.43. The van der Waals surface area contributed by atoms with Crippen LogP contribution in [0.2, 0.25) is 0 Å². The molecular weight excluding hydrogens is 508 g/mol. The lowest BCUT2D eigenvalue weighted by atomic mass is 9.92. The standard InChI is InChI=1S/C32H38N2O4S/c1-39(35,36)32(28-15-10-16-30(23-28)38-20-9-8-17-33-18-21-37-22-19-33)29-24-34(25-29)31(26-11-4-2-5-12-26)27-13-6-3-7-14-27/h2-7,10-16,23,31H,8-9,17-22,24-25H2,1H3. The molecule has 0 N–H and O–H groups in total. The van der Waals surface area contributed by atoms with Crippen LogP contribution in [0.15, 0.2) is 90.5 Å². The van der Waals surface area contributed by atoms with E-state index in [4.69, 9.17) is 9.47 Å². The van der Waals surface area contributed by atoms with E-state index >= 15 is 0 Å². The second kappa shape index (κ2) is 12.9. The molecule has 2 aliphatic heterocycles. The molecule has 0 saturated carbocycles. The Kier molecular flexibility index (Phi) is 9.14. The minimum Gasteiger partial charge on any atom is -0.494 e. The molecule has 2 aliphatic rings. The van der Waals surface area contributed by atoms with Crippen molar-refractivity contribution >= 4 is 14.7 Å². The monoisotopic (exact) mass is 546 g/mol. The van der Waals surface area contributed by atoms with Gasteiger partial charge in [-0.3, -0.25) is 9.80 Å². The van der Waals surface area contributed by atoms with Crippen molar-refractivity contribution in [3.05, 3.63) is 107 Å². The Morgan fingerprint density at radius 1 is 0.872 bits per heavy atom. The van der Waals surface area contributed by atoms with Crippen molar-refractivity contribution in [1.82, 2.24) is 9.80 Å². The van der Waals surface area contributed by atoms with Gasteiger partial charge in [0.15, 0.2) is 9.84 Å². The number of likely N-dealkylation sites (tertiary alicyclic amines) is 1. The van der Waals surface area contributed by atoms with Gasteiger partial charge in [0.25, 0.3) is 0 Å². The number of ether oxygens (including phenoxy) is 2. The number of benzene rings is 3. The molecule has 0 bridgehead atoms. The lowest BCUT2D eigenvalue weighted by Gasteiger charge is -2.42. The van der Waals surface area contributed by atoms with E-state index in [0.717, 1.165) is 51.3 Å². The van der Waals surface area contributed by atoms with Crippen molar-refractivity contribution < 1.29 is 17.9 Å². The third-order valence-electron chi connectivity index (χ3n) is 7.41. The van der Waals surface area contributed by atoms with E-state index in [1.165, 1.54) is 17.4 Å². The zero-order chi connectivity index (χ0) is 27.1. The second-order valence-corrected chi connectivity index (χ2v) is 12.3. The van der Waals surface area contributed by atoms with Gasteiger partial charge in [0.2, 0.25) is 0 Å². The van der Waals surface area contributed by atoms with Crippen LogP contribution >= 0.6 is 0 Å². The molecule has 0 radical (unpaired) electrons. The maximum atomic E-state index is 13.0. The molecule has 7 heteroatoms. The molecule has 0 amide bonds. The summed E-state index contributed by atoms with van der Waals surface area (Å²) in [6, 6.07) is 28.4. The maximum absolute atomic E-state index is 13.0. The van der Waals surface area contributed by atoms with Crippen molar-refractivity contribution in [2.75, 3.05) is 58.8 Å². The summed E-state index contributed by atoms with van der Waals surface area (Å²) < 4.78 is 37.5. The van der Waals surface area contributed by atoms with E-state index in [1.54, 1.807) is 0 Å². The molecule has 206 valence electrons. The van der Waals surface area contributed by atoms with E-state index in [9.17, 15) is 8.42 Å². The van der Waals surface area contributed by atoms with Crippen LogP contribution in [0, 0.1) is 0 Å². The Labute approximate surface area is 232 Å². The fourth-order valence-corrected chi connectivity index (χ4v) is 6.72. The van der Waals surface area contributed by atoms with E-state index in [2.05, 4.69) is 58.3 Å². The first-order chi connectivity index (χ1) is 19.0. The van der Waals surface area contributed by atoms with Crippen LogP contribution < -0.4 is 4.74 Å². The molecule has 2 heterocycles. The molecule has 0 aliphatic carbocycles. The summed E-state index contributed by atoms with van der Waals surface area (Å²) in [5, 5.41) is 0. The van der Waals surface area contributed by atoms with Gasteiger partial charge < -0.3 is 9.47 Å². The Hall–Kier alpha value is -2.97. The van der Waals surface area contributed by atoms with Crippen LogP contribution in [0.4, 0.5) is 0 Å². The van der Waals surface area contributed by atoms with Crippen LogP contribution in [0.25, 0.3) is 4.91 Å². The summed E-state index contributed by atoms with van der Waals surface area (Å²) in [7, 11) is -3.43. The van der Waals surface area contributed by atoms with Crippen LogP contribution in [0.3, 0.4) is 0 Å². The number of morpholine rings is 1. The molecule has 0 aromatic heterocycles. The lowest BCUT2D eigenvalue weighted by molar-refractivity contribution is 0.0368. The highest BCUT2D eigenvalue weighted by atomic mass is 32.2. The van der Waals surface area contributed by atoms with E-state index < -0.39 is 9.84 Å². The van der Waals surface area contributed by atoms with E-state index in [1.807, 2.05) is 36.4 Å². The van der Waals surface area contributed by atoms with Gasteiger partial charge in [0.1, 0.15) is 5.75 Å². The fraction of sp³-hybridized carbons (Fsp3) is 0.375. The Balaban J connectivity index is 1.28. The molecule has 0 atom stereocenters. The molecule has 3 aromatic carbocycles. The fourth-order valence-electron chi connectivity index (χ4n) is 5.51. The zero-order valence-electron chi connectivity index (χ0n) is 22.7. The summed E-state index contributed by atoms with van der Waals surface area (Å²) in [6.07, 6.45) is 3.33. The van der Waals surface area contributed by atoms with Gasteiger partial charge in [0.05, 0.1) is 30.8 Å². The van der Waals surface area contributed by atoms with Gasteiger partial charge in [-0.25, -0.2) is 8.42 Å². The molecule has 2 saturated heterocycles. The van der Waals surface area contributed by atoms with Crippen molar-refractivity contribution in [3.8, 4) is 5.75 Å². The SMILES string of the molecule is CS(=O)(=O)C(=C1CN(C(c2ccccc2)c2ccccc2)C1)c1cccc(OCCCCN2CCOCC2)c1. The smallest absolute Gasteiger partial charge is 0.176 e. The maximum Gasteiger partial charge on any atom is 0.176 e. The Morgan fingerprint density at radius 2 is 1.51 bits per heavy atom. The lowest BCUT2D eigenvalue weighted by Crippen LogP contribution is -2.44. The number of hydrogen-bond acceptors (Lipinski definition) is 6. The highest BCUT2D eigenvalue weighted by Crippen LogP contribution is 2.38. The number of hydrogen-bond donors (Lipinski definition) is 0. The summed E-state index contributed by atoms with van der Waals surface area (Å²) in [4.78, 5) is 5.19. The highest BCUT2D eigenvalue weighted by molar-refractivity contribution is 8.00. The van der Waals surface area contributed by atoms with Crippen LogP contribution in [0.5, 0.6) is 5.75 Å². The highest BCUT2D eigenvalue weighted by Gasteiger charge is 2.34. The van der Waals surface area contributed by atoms with Crippen molar-refractivity contribution in [1.29, 1.82) is 0 Å². The Bertz CT molecular complexity index is 1310. The molecule has 5 rings (SSSR count). The quantitative estimate of drug-likeness (QED) is 0.314. The molecule has 39 heavy (non-hydrogen) atoms. The molecule has 0 spiro atoms. The van der Waals surface area contributed by atoms with Gasteiger partial charge in [0, 0.05) is 32.4 Å². The van der Waals surface area contributed by atoms with Crippen molar-refractivity contribution in [2.24, 2.45) is 0 Å². The molecule has 6 nitrogen and oxygen atoms in total. The average molecular weight is 547 g/mol. The van der Waals surface area contributed by atoms with E-state index in [-0.39, 0.29) is 6.04 Å². The number of sulfone groups is 1. The summed E-state index contributed by atoms with van der Waals surface area (Å²) in [5.74, 6) is 0.711. The van der Waals surface area contributed by atoms with Crippen molar-refractivity contribution in [3.63, 3.8) is 0 Å². The first kappa shape index (κ1) is 27.6. The number of nitrogens with zero attached hydrogens (tertiary/aromatic N) is 2. The first-order valence-corrected chi connectivity index (χ1v) is 15.7. The zero-order valence-corrected chi connectivity index (χ0v) is 23.5. The second-order valence-electron chi connectivity index (χ2n) is 10.4. The van der Waals surface area contributed by atoms with Crippen molar-refractivity contribution in [2.45, 2.75) is 18.9 Å². The predicted molar refractivity (Wildman–Crippen MR) is 156 cm³/mol. The van der Waals surface area contributed by atoms with Gasteiger partial charge in [-0.2, -0.15) is 0 Å². The molecule has 2 fully saturated rings. The third-order valence-corrected chi connectivity index (χ3v) is 8.68. The Morgan fingerprint density at radius 3 is 2.13 bits per heavy atom. The normalized spacial score (nSPS) is 16.7. The summed E-state index contributed by atoms with van der Waals surface area (Å²) in [5.41, 5.74) is 4.05. The van der Waals surface area contributed by atoms with Gasteiger partial charge in [-0.05, 0) is 53.8 Å². The number of rotatable bonds is 11. The van der Waals surface area contributed by atoms with Gasteiger partial charge in [-0.1, -0.05) is 72.8 Å². The first-order valence-electron chi connectivity index (χ1n) is 13.8. The number of unbranched alkanes of at least 4 members (excludes halogenated alkanes) is 1. The molecule has 3 aromatic rings. The largest absolute Gasteiger partial charge is 0.494 e. The summed E-state index contributed by atoms with van der Waals surface area (Å²) in [6.45, 7) is 6.51. The summed E-state index contributed by atoms with van der Waals surface area (Å²) >= 11 is 0. The molecule has 0 unspecified atom stereocenters. The van der Waals surface area contributed by atoms with E-state index in [0.29, 0.717) is 35.9 Å². The van der Waals surface area contributed by atoms with Crippen LogP contribution in [-0.4, -0.2) is 77.0 Å². The third kappa shape index (κ3) is 7.17. The topological polar surface area (TPSA) is 59.1 Å². The predicted octanol–water partition coefficient (Wildman–Crippen LogP) is 5.04. The van der Waals surface area contributed by atoms with Gasteiger partial charge in [-0.15, -0.1) is 0 Å². The van der Waals surface area contributed by atoms with Crippen LogP contribution in [0.1, 0.15) is 35.6 Å². The molecular formula is C32H38N2O4S. The van der Waals surface area contributed by atoms with Gasteiger partial charge >= 0.3 is 0 Å². The minimum absolute atomic E-state index is 0.0732. The van der Waals surface area contributed by atoms with Crippen LogP contribution in [-0.2, 0) is 14.6 Å². The average Bonchev–Trinajstić information content (AvgIpc) is 2.93.